The number of H-pyrrole nitrogens is 2. The number of benzene rings is 3. The normalized spacial score (nSPS) is 19.7. The highest BCUT2D eigenvalue weighted by molar-refractivity contribution is 14.1. The summed E-state index contributed by atoms with van der Waals surface area (Å²) >= 11 is 2.20. The number of amides is 1. The molecule has 232 valence electrons. The van der Waals surface area contributed by atoms with E-state index >= 15 is 8.78 Å². The van der Waals surface area contributed by atoms with Crippen molar-refractivity contribution in [2.75, 3.05) is 25.1 Å². The van der Waals surface area contributed by atoms with Crippen LogP contribution in [0, 0.1) is 15.2 Å². The maximum Gasteiger partial charge on any atom is 0.246 e. The molecule has 0 saturated heterocycles. The lowest BCUT2D eigenvalue weighted by Crippen LogP contribution is -2.33. The van der Waals surface area contributed by atoms with Gasteiger partial charge in [0.25, 0.3) is 0 Å². The summed E-state index contributed by atoms with van der Waals surface area (Å²) in [6, 6.07) is 14.8. The van der Waals surface area contributed by atoms with Gasteiger partial charge in [-0.1, -0.05) is 12.1 Å². The zero-order chi connectivity index (χ0) is 31.9. The third-order valence-electron chi connectivity index (χ3n) is 8.27. The summed E-state index contributed by atoms with van der Waals surface area (Å²) in [4.78, 5) is 25.0. The standard InChI is InChI=1S/C33H29F2IN4O4S/c1-33(20-4-3-5-21(36)16-20)11-14-45(42,43)15-13-40(2)30(41)9-7-24-23-10-12-37-28(23)18-27(35)31(24)44-22-6-8-26(34)25(17-22)32-38-19-29(33)39-32/h3-10,12,16-19,37H,11,13-15H2,1-2H3,(H,38,39)/b9-7+. The van der Waals surface area contributed by atoms with Crippen molar-refractivity contribution in [2.45, 2.75) is 18.8 Å². The molecule has 3 aromatic carbocycles. The molecule has 5 aromatic rings. The molecule has 0 fully saturated rings. The fourth-order valence-corrected chi connectivity index (χ4v) is 7.47. The van der Waals surface area contributed by atoms with Gasteiger partial charge in [0.05, 0.1) is 17.1 Å². The predicted molar refractivity (Wildman–Crippen MR) is 178 cm³/mol. The molecule has 0 saturated carbocycles. The van der Waals surface area contributed by atoms with Gasteiger partial charge in [0, 0.05) is 69.3 Å². The molecule has 6 rings (SSSR count). The lowest BCUT2D eigenvalue weighted by atomic mass is 9.77. The summed E-state index contributed by atoms with van der Waals surface area (Å²) in [5, 5.41) is 0.597. The highest BCUT2D eigenvalue weighted by Crippen LogP contribution is 2.39. The molecule has 12 heteroatoms. The molecule has 3 heterocycles. The van der Waals surface area contributed by atoms with Crippen molar-refractivity contribution in [2.24, 2.45) is 0 Å². The van der Waals surface area contributed by atoms with Crippen molar-refractivity contribution in [1.82, 2.24) is 19.9 Å². The van der Waals surface area contributed by atoms with E-state index in [1.54, 1.807) is 18.5 Å². The molecule has 1 unspecified atom stereocenters. The summed E-state index contributed by atoms with van der Waals surface area (Å²) in [6.07, 6.45) is 6.12. The van der Waals surface area contributed by atoms with Crippen LogP contribution in [0.1, 0.15) is 30.2 Å². The van der Waals surface area contributed by atoms with Gasteiger partial charge in [0.1, 0.15) is 17.4 Å². The highest BCUT2D eigenvalue weighted by Gasteiger charge is 2.33. The number of carbonyl (C=O) groups excluding carboxylic acids is 1. The Morgan fingerprint density at radius 3 is 2.67 bits per heavy atom. The number of nitrogens with zero attached hydrogens (tertiary/aromatic N) is 2. The maximum atomic E-state index is 15.5. The molecule has 0 radical (unpaired) electrons. The molecule has 4 bridgehead atoms. The first-order valence-electron chi connectivity index (χ1n) is 14.2. The van der Waals surface area contributed by atoms with Crippen molar-refractivity contribution in [3.05, 3.63) is 105 Å². The van der Waals surface area contributed by atoms with Crippen molar-refractivity contribution in [3.63, 3.8) is 0 Å². The van der Waals surface area contributed by atoms with Crippen LogP contribution >= 0.6 is 22.6 Å². The van der Waals surface area contributed by atoms with E-state index in [1.807, 2.05) is 31.2 Å². The molecule has 1 amide bonds. The third-order valence-corrected chi connectivity index (χ3v) is 10.6. The smallest absolute Gasteiger partial charge is 0.246 e. The number of hydrogen-bond acceptors (Lipinski definition) is 5. The first-order chi connectivity index (χ1) is 21.4. The van der Waals surface area contributed by atoms with Gasteiger partial charge < -0.3 is 19.6 Å². The topological polar surface area (TPSA) is 108 Å². The number of imidazole rings is 1. The van der Waals surface area contributed by atoms with Crippen LogP contribution in [0.2, 0.25) is 0 Å². The van der Waals surface area contributed by atoms with Crippen molar-refractivity contribution < 1.29 is 26.7 Å². The van der Waals surface area contributed by atoms with Crippen LogP contribution in [0.3, 0.4) is 0 Å². The van der Waals surface area contributed by atoms with E-state index in [0.29, 0.717) is 16.6 Å². The molecule has 2 N–H and O–H groups in total. The summed E-state index contributed by atoms with van der Waals surface area (Å²) < 4.78 is 64.4. The van der Waals surface area contributed by atoms with Gasteiger partial charge in [-0.15, -0.1) is 0 Å². The molecule has 0 aliphatic carbocycles. The maximum absolute atomic E-state index is 15.5. The van der Waals surface area contributed by atoms with Gasteiger partial charge in [-0.25, -0.2) is 22.2 Å². The number of halogens is 3. The number of sulfone groups is 1. The SMILES string of the molecule is CN1CCS(=O)(=O)CCC(C)(c2cccc(I)c2)c2cnc([nH]2)-c2cc(ccc2F)Oc2c(F)cc3[nH]ccc3c2/C=C/C1=O. The largest absolute Gasteiger partial charge is 0.454 e. The monoisotopic (exact) mass is 742 g/mol. The number of fused-ring (bicyclic) bond motifs is 8. The van der Waals surface area contributed by atoms with Crippen LogP contribution in [0.4, 0.5) is 8.78 Å². The average Bonchev–Trinajstić information content (AvgIpc) is 3.69. The van der Waals surface area contributed by atoms with E-state index in [2.05, 4.69) is 37.5 Å². The van der Waals surface area contributed by atoms with Gasteiger partial charge in [0.15, 0.2) is 21.4 Å². The van der Waals surface area contributed by atoms with E-state index in [-0.39, 0.29) is 52.9 Å². The lowest BCUT2D eigenvalue weighted by Gasteiger charge is -2.29. The Balaban J connectivity index is 1.51. The fraction of sp³-hybridized carbons (Fsp3) is 0.212. The Hall–Kier alpha value is -4.04. The Bertz CT molecular complexity index is 2070. The lowest BCUT2D eigenvalue weighted by molar-refractivity contribution is -0.124. The number of rotatable bonds is 1. The molecule has 1 aliphatic rings. The third kappa shape index (κ3) is 6.25. The second-order valence-electron chi connectivity index (χ2n) is 11.3. The minimum absolute atomic E-state index is 0.0309. The van der Waals surface area contributed by atoms with Gasteiger partial charge in [-0.2, -0.15) is 0 Å². The fourth-order valence-electron chi connectivity index (χ4n) is 5.45. The Labute approximate surface area is 272 Å². The Kier molecular flexibility index (Phi) is 8.29. The minimum atomic E-state index is -3.60. The summed E-state index contributed by atoms with van der Waals surface area (Å²) in [6.45, 7) is 1.89. The zero-order valence-electron chi connectivity index (χ0n) is 24.4. The predicted octanol–water partition coefficient (Wildman–Crippen LogP) is 6.83. The van der Waals surface area contributed by atoms with Crippen LogP contribution in [-0.4, -0.2) is 59.3 Å². The zero-order valence-corrected chi connectivity index (χ0v) is 27.4. The summed E-state index contributed by atoms with van der Waals surface area (Å²) in [5.74, 6) is -1.92. The average molecular weight is 743 g/mol. The second kappa shape index (κ2) is 12.0. The van der Waals surface area contributed by atoms with Crippen molar-refractivity contribution >= 4 is 55.3 Å². The number of aromatic amines is 2. The molecule has 0 spiro atoms. The first kappa shape index (κ1) is 31.0. The molecule has 45 heavy (non-hydrogen) atoms. The molecule has 1 atom stereocenters. The Morgan fingerprint density at radius 1 is 1.04 bits per heavy atom. The van der Waals surface area contributed by atoms with E-state index in [9.17, 15) is 13.2 Å². The van der Waals surface area contributed by atoms with Crippen LogP contribution in [0.5, 0.6) is 11.5 Å². The van der Waals surface area contributed by atoms with Gasteiger partial charge >= 0.3 is 0 Å². The van der Waals surface area contributed by atoms with Gasteiger partial charge in [-0.05, 0) is 84.0 Å². The number of ether oxygens (including phenoxy) is 1. The van der Waals surface area contributed by atoms with Crippen LogP contribution in [0.25, 0.3) is 28.4 Å². The van der Waals surface area contributed by atoms with E-state index in [4.69, 9.17) is 4.74 Å². The number of carbonyl (C=O) groups is 1. The number of aromatic nitrogens is 3. The van der Waals surface area contributed by atoms with Crippen molar-refractivity contribution in [3.8, 4) is 22.9 Å². The summed E-state index contributed by atoms with van der Waals surface area (Å²) in [5.41, 5.74) is 1.50. The van der Waals surface area contributed by atoms with E-state index in [1.165, 1.54) is 48.4 Å². The molecule has 1 aliphatic heterocycles. The molecular weight excluding hydrogens is 713 g/mol. The van der Waals surface area contributed by atoms with Crippen LogP contribution in [0.15, 0.2) is 73.1 Å². The first-order valence-corrected chi connectivity index (χ1v) is 17.1. The van der Waals surface area contributed by atoms with E-state index < -0.39 is 32.8 Å². The quantitative estimate of drug-likeness (QED) is 0.183. The number of hydrogen-bond donors (Lipinski definition) is 2. The molecule has 2 aromatic heterocycles. The highest BCUT2D eigenvalue weighted by atomic mass is 127. The van der Waals surface area contributed by atoms with Crippen molar-refractivity contribution in [1.29, 1.82) is 0 Å². The summed E-state index contributed by atoms with van der Waals surface area (Å²) in [7, 11) is -2.09. The second-order valence-corrected chi connectivity index (χ2v) is 14.8. The number of nitrogens with one attached hydrogen (secondary N) is 2. The Morgan fingerprint density at radius 2 is 1.87 bits per heavy atom. The van der Waals surface area contributed by atoms with Gasteiger partial charge in [-0.3, -0.25) is 4.79 Å². The molecule has 8 nitrogen and oxygen atoms in total. The molecular formula is C33H29F2IN4O4S. The van der Waals surface area contributed by atoms with Crippen LogP contribution < -0.4 is 4.74 Å². The number of likely N-dealkylation sites (N-methyl/N-ethyl adjacent to an activating group) is 1. The van der Waals surface area contributed by atoms with E-state index in [0.717, 1.165) is 9.13 Å². The van der Waals surface area contributed by atoms with Gasteiger partial charge in [0.2, 0.25) is 5.91 Å². The minimum Gasteiger partial charge on any atom is -0.454 e. The van der Waals surface area contributed by atoms with Crippen LogP contribution in [-0.2, 0) is 20.0 Å².